The van der Waals surface area contributed by atoms with Gasteiger partial charge in [0.05, 0.1) is 12.1 Å². The van der Waals surface area contributed by atoms with Crippen molar-refractivity contribution in [2.75, 3.05) is 32.8 Å². The van der Waals surface area contributed by atoms with Gasteiger partial charge in [-0.1, -0.05) is 29.4 Å². The topological polar surface area (TPSA) is 88.8 Å². The zero-order valence-corrected chi connectivity index (χ0v) is 18.9. The van der Waals surface area contributed by atoms with Crippen LogP contribution in [0.3, 0.4) is 0 Å². The second kappa shape index (κ2) is 10.3. The first-order valence-corrected chi connectivity index (χ1v) is 10.9. The van der Waals surface area contributed by atoms with E-state index in [9.17, 15) is 22.8 Å². The second-order valence-electron chi connectivity index (χ2n) is 8.12. The zero-order valence-electron chi connectivity index (χ0n) is 18.9. The Morgan fingerprint density at radius 2 is 1.80 bits per heavy atom. The van der Waals surface area contributed by atoms with E-state index in [0.29, 0.717) is 44.0 Å². The fourth-order valence-corrected chi connectivity index (χ4v) is 3.66. The summed E-state index contributed by atoms with van der Waals surface area (Å²) in [5, 5.41) is 3.81. The lowest BCUT2D eigenvalue weighted by Gasteiger charge is -2.33. The Labute approximate surface area is 199 Å². The molecule has 2 aromatic carbocycles. The van der Waals surface area contributed by atoms with Gasteiger partial charge in [0.1, 0.15) is 5.75 Å². The third-order valence-electron chi connectivity index (χ3n) is 5.60. The molecule has 35 heavy (non-hydrogen) atoms. The highest BCUT2D eigenvalue weighted by Gasteiger charge is 2.31. The molecule has 0 radical (unpaired) electrons. The molecule has 0 bridgehead atoms. The number of carbonyl (C=O) groups is 2. The summed E-state index contributed by atoms with van der Waals surface area (Å²) in [6, 6.07) is 11.4. The quantitative estimate of drug-likeness (QED) is 0.469. The number of hydrogen-bond acceptors (Lipinski definition) is 7. The van der Waals surface area contributed by atoms with Crippen LogP contribution in [0, 0.1) is 0 Å². The lowest BCUT2D eigenvalue weighted by molar-refractivity contribution is -0.137. The highest BCUT2D eigenvalue weighted by molar-refractivity contribution is 5.94. The largest absolute Gasteiger partial charge is 0.484 e. The average molecular weight is 488 g/mol. The monoisotopic (exact) mass is 488 g/mol. The van der Waals surface area contributed by atoms with Gasteiger partial charge in [-0.3, -0.25) is 14.5 Å². The molecule has 1 saturated heterocycles. The van der Waals surface area contributed by atoms with Crippen LogP contribution in [0.25, 0.3) is 11.4 Å². The maximum absolute atomic E-state index is 12.9. The van der Waals surface area contributed by atoms with Crippen molar-refractivity contribution in [3.63, 3.8) is 0 Å². The molecular weight excluding hydrogens is 465 g/mol. The number of amides is 1. The normalized spacial score (nSPS) is 14.7. The van der Waals surface area contributed by atoms with Crippen molar-refractivity contribution in [3.05, 3.63) is 65.5 Å². The lowest BCUT2D eigenvalue weighted by Crippen LogP contribution is -2.49. The van der Waals surface area contributed by atoms with Crippen LogP contribution in [0.15, 0.2) is 53.1 Å². The summed E-state index contributed by atoms with van der Waals surface area (Å²) in [5.41, 5.74) is -0.0439. The van der Waals surface area contributed by atoms with Crippen LogP contribution in [0.1, 0.15) is 28.7 Å². The first kappa shape index (κ1) is 24.4. The van der Waals surface area contributed by atoms with Crippen LogP contribution in [-0.2, 0) is 17.5 Å². The summed E-state index contributed by atoms with van der Waals surface area (Å²) in [6.07, 6.45) is -4.46. The van der Waals surface area contributed by atoms with Gasteiger partial charge >= 0.3 is 6.18 Å². The Morgan fingerprint density at radius 1 is 1.06 bits per heavy atom. The van der Waals surface area contributed by atoms with Gasteiger partial charge in [0, 0.05) is 37.3 Å². The molecule has 1 aromatic heterocycles. The standard InChI is InChI=1S/C24H23F3N4O4/c1-16(32)17-4-3-7-20(13-17)34-15-22(33)31-10-8-30(9-11-31)14-21-28-23(29-35-21)18-5-2-6-19(12-18)24(25,26)27/h2-7,12-13H,8-11,14-15H2,1H3. The van der Waals surface area contributed by atoms with E-state index in [2.05, 4.69) is 10.1 Å². The van der Waals surface area contributed by atoms with Gasteiger partial charge in [-0.25, -0.2) is 0 Å². The first-order valence-electron chi connectivity index (χ1n) is 10.9. The minimum Gasteiger partial charge on any atom is -0.484 e. The molecule has 0 aliphatic carbocycles. The molecular formula is C24H23F3N4O4. The predicted octanol–water partition coefficient (Wildman–Crippen LogP) is 3.68. The number of carbonyl (C=O) groups excluding carboxylic acids is 2. The number of piperazine rings is 1. The van der Waals surface area contributed by atoms with Gasteiger partial charge in [-0.2, -0.15) is 18.2 Å². The van der Waals surface area contributed by atoms with Gasteiger partial charge in [-0.05, 0) is 31.2 Å². The van der Waals surface area contributed by atoms with E-state index in [0.717, 1.165) is 12.1 Å². The van der Waals surface area contributed by atoms with E-state index >= 15 is 0 Å². The maximum atomic E-state index is 12.9. The van der Waals surface area contributed by atoms with E-state index < -0.39 is 11.7 Å². The van der Waals surface area contributed by atoms with Crippen molar-refractivity contribution in [3.8, 4) is 17.1 Å². The van der Waals surface area contributed by atoms with Gasteiger partial charge in [-0.15, -0.1) is 0 Å². The van der Waals surface area contributed by atoms with Crippen molar-refractivity contribution in [2.24, 2.45) is 0 Å². The molecule has 4 rings (SSSR count). The number of hydrogen-bond donors (Lipinski definition) is 0. The molecule has 0 unspecified atom stereocenters. The summed E-state index contributed by atoms with van der Waals surface area (Å²) in [4.78, 5) is 31.9. The van der Waals surface area contributed by atoms with Crippen LogP contribution in [0.2, 0.25) is 0 Å². The van der Waals surface area contributed by atoms with E-state index in [1.807, 2.05) is 4.90 Å². The Hall–Kier alpha value is -3.73. The lowest BCUT2D eigenvalue weighted by atomic mass is 10.1. The average Bonchev–Trinajstić information content (AvgIpc) is 3.31. The number of rotatable bonds is 7. The van der Waals surface area contributed by atoms with Gasteiger partial charge < -0.3 is 14.2 Å². The summed E-state index contributed by atoms with van der Waals surface area (Å²) in [7, 11) is 0. The number of Topliss-reactive ketones (excluding diaryl/α,β-unsaturated/α-hetero) is 1. The molecule has 0 spiro atoms. The molecule has 11 heteroatoms. The van der Waals surface area contributed by atoms with Crippen molar-refractivity contribution in [2.45, 2.75) is 19.6 Å². The van der Waals surface area contributed by atoms with Crippen molar-refractivity contribution < 1.29 is 32.0 Å². The number of ketones is 1. The van der Waals surface area contributed by atoms with Crippen molar-refractivity contribution in [1.82, 2.24) is 19.9 Å². The molecule has 0 N–H and O–H groups in total. The number of ether oxygens (including phenoxy) is 1. The second-order valence-corrected chi connectivity index (χ2v) is 8.12. The zero-order chi connectivity index (χ0) is 25.0. The summed E-state index contributed by atoms with van der Waals surface area (Å²) in [5.74, 6) is 0.582. The van der Waals surface area contributed by atoms with Crippen molar-refractivity contribution >= 4 is 11.7 Å². The fourth-order valence-electron chi connectivity index (χ4n) is 3.66. The predicted molar refractivity (Wildman–Crippen MR) is 119 cm³/mol. The van der Waals surface area contributed by atoms with Gasteiger partial charge in [0.15, 0.2) is 12.4 Å². The molecule has 0 saturated carbocycles. The molecule has 184 valence electrons. The minimum atomic E-state index is -4.46. The van der Waals surface area contributed by atoms with Crippen LogP contribution in [0.4, 0.5) is 13.2 Å². The molecule has 8 nitrogen and oxygen atoms in total. The summed E-state index contributed by atoms with van der Waals surface area (Å²) >= 11 is 0. The molecule has 1 aliphatic heterocycles. The highest BCUT2D eigenvalue weighted by Crippen LogP contribution is 2.31. The number of benzene rings is 2. The Balaban J connectivity index is 1.27. The molecule has 0 atom stereocenters. The number of alkyl halides is 3. The van der Waals surface area contributed by atoms with Gasteiger partial charge in [0.25, 0.3) is 5.91 Å². The fraction of sp³-hybridized carbons (Fsp3) is 0.333. The van der Waals surface area contributed by atoms with Crippen LogP contribution in [-0.4, -0.2) is 64.4 Å². The molecule has 1 aliphatic rings. The number of halogens is 3. The van der Waals surface area contributed by atoms with Gasteiger partial charge in [0.2, 0.25) is 11.7 Å². The third kappa shape index (κ3) is 6.24. The highest BCUT2D eigenvalue weighted by atomic mass is 19.4. The number of aromatic nitrogens is 2. The van der Waals surface area contributed by atoms with Crippen LogP contribution < -0.4 is 4.74 Å². The Morgan fingerprint density at radius 3 is 2.51 bits per heavy atom. The SMILES string of the molecule is CC(=O)c1cccc(OCC(=O)N2CCN(Cc3nc(-c4cccc(C(F)(F)F)c4)no3)CC2)c1. The van der Waals surface area contributed by atoms with E-state index in [-0.39, 0.29) is 35.6 Å². The summed E-state index contributed by atoms with van der Waals surface area (Å²) < 4.78 is 49.6. The van der Waals surface area contributed by atoms with Crippen LogP contribution >= 0.6 is 0 Å². The Bertz CT molecular complexity index is 1200. The van der Waals surface area contributed by atoms with E-state index in [1.54, 1.807) is 29.2 Å². The first-order chi connectivity index (χ1) is 16.7. The van der Waals surface area contributed by atoms with E-state index in [4.69, 9.17) is 9.26 Å². The molecule has 1 amide bonds. The van der Waals surface area contributed by atoms with Crippen LogP contribution in [0.5, 0.6) is 5.75 Å². The molecule has 2 heterocycles. The molecule has 3 aromatic rings. The van der Waals surface area contributed by atoms with Crippen molar-refractivity contribution in [1.29, 1.82) is 0 Å². The smallest absolute Gasteiger partial charge is 0.416 e. The third-order valence-corrected chi connectivity index (χ3v) is 5.60. The Kier molecular flexibility index (Phi) is 7.15. The van der Waals surface area contributed by atoms with E-state index in [1.165, 1.54) is 19.1 Å². The molecule has 1 fully saturated rings. The maximum Gasteiger partial charge on any atom is 0.416 e. The minimum absolute atomic E-state index is 0.0823. The summed E-state index contributed by atoms with van der Waals surface area (Å²) in [6.45, 7) is 3.73. The number of nitrogens with zero attached hydrogens (tertiary/aromatic N) is 4.